The van der Waals surface area contributed by atoms with Crippen molar-refractivity contribution in [3.63, 3.8) is 0 Å². The van der Waals surface area contributed by atoms with Gasteiger partial charge in [-0.2, -0.15) is 0 Å². The van der Waals surface area contributed by atoms with E-state index in [0.29, 0.717) is 25.1 Å². The molecule has 1 atom stereocenters. The minimum Gasteiger partial charge on any atom is -0.478 e. The molecule has 0 saturated carbocycles. The van der Waals surface area contributed by atoms with Gasteiger partial charge in [0, 0.05) is 18.7 Å². The number of amides is 1. The Labute approximate surface area is 98.3 Å². The third-order valence-corrected chi connectivity index (χ3v) is 2.83. The van der Waals surface area contributed by atoms with Gasteiger partial charge in [-0.05, 0) is 30.7 Å². The maximum Gasteiger partial charge on any atom is 0.335 e. The molecule has 0 aliphatic carbocycles. The van der Waals surface area contributed by atoms with Crippen LogP contribution in [0.3, 0.4) is 0 Å². The zero-order chi connectivity index (χ0) is 12.4. The second-order valence-corrected chi connectivity index (χ2v) is 4.08. The second kappa shape index (κ2) is 4.55. The lowest BCUT2D eigenvalue weighted by Gasteiger charge is -2.15. The van der Waals surface area contributed by atoms with Crippen molar-refractivity contribution < 1.29 is 19.8 Å². The van der Waals surface area contributed by atoms with Gasteiger partial charge in [-0.15, -0.1) is 0 Å². The molecule has 1 fully saturated rings. The summed E-state index contributed by atoms with van der Waals surface area (Å²) in [5.41, 5.74) is 0.604. The summed E-state index contributed by atoms with van der Waals surface area (Å²) < 4.78 is 0. The van der Waals surface area contributed by atoms with Crippen molar-refractivity contribution in [3.8, 4) is 0 Å². The number of aliphatic hydroxyl groups is 1. The van der Waals surface area contributed by atoms with Crippen molar-refractivity contribution >= 4 is 11.9 Å². The molecule has 2 rings (SSSR count). The Morgan fingerprint density at radius 2 is 1.76 bits per heavy atom. The second-order valence-electron chi connectivity index (χ2n) is 4.08. The molecule has 1 saturated heterocycles. The Morgan fingerprint density at radius 3 is 2.24 bits per heavy atom. The van der Waals surface area contributed by atoms with Crippen LogP contribution in [0.2, 0.25) is 0 Å². The van der Waals surface area contributed by atoms with E-state index in [4.69, 9.17) is 5.11 Å². The summed E-state index contributed by atoms with van der Waals surface area (Å²) in [5.74, 6) is -1.18. The molecule has 5 heteroatoms. The molecule has 90 valence electrons. The lowest BCUT2D eigenvalue weighted by Crippen LogP contribution is -2.29. The number of nitrogens with zero attached hydrogens (tertiary/aromatic N) is 1. The summed E-state index contributed by atoms with van der Waals surface area (Å²) in [7, 11) is 0. The van der Waals surface area contributed by atoms with Gasteiger partial charge in [0.2, 0.25) is 0 Å². The van der Waals surface area contributed by atoms with Gasteiger partial charge in [-0.3, -0.25) is 4.79 Å². The smallest absolute Gasteiger partial charge is 0.335 e. The highest BCUT2D eigenvalue weighted by molar-refractivity contribution is 5.96. The van der Waals surface area contributed by atoms with Crippen LogP contribution in [0, 0.1) is 0 Å². The molecule has 1 aliphatic rings. The van der Waals surface area contributed by atoms with E-state index >= 15 is 0 Å². The van der Waals surface area contributed by atoms with Crippen molar-refractivity contribution in [1.82, 2.24) is 4.90 Å². The quantitative estimate of drug-likeness (QED) is 0.786. The summed E-state index contributed by atoms with van der Waals surface area (Å²) in [5, 5.41) is 18.1. The number of likely N-dealkylation sites (tertiary alicyclic amines) is 1. The lowest BCUT2D eigenvalue weighted by atomic mass is 10.1. The van der Waals surface area contributed by atoms with Crippen molar-refractivity contribution in [3.05, 3.63) is 35.4 Å². The summed E-state index contributed by atoms with van der Waals surface area (Å²) in [6, 6.07) is 5.80. The normalized spacial score (nSPS) is 19.4. The van der Waals surface area contributed by atoms with Crippen LogP contribution in [0.15, 0.2) is 24.3 Å². The SMILES string of the molecule is O=C(O)c1ccc(C(=O)N2CCC(O)C2)cc1. The van der Waals surface area contributed by atoms with Crippen LogP contribution in [-0.4, -0.2) is 46.2 Å². The van der Waals surface area contributed by atoms with Gasteiger partial charge >= 0.3 is 5.97 Å². The fourth-order valence-corrected chi connectivity index (χ4v) is 1.86. The number of benzene rings is 1. The van der Waals surface area contributed by atoms with Gasteiger partial charge in [0.15, 0.2) is 0 Å². The summed E-state index contributed by atoms with van der Waals surface area (Å²) in [6.07, 6.45) is 0.149. The standard InChI is InChI=1S/C12H13NO4/c14-10-5-6-13(7-10)11(15)8-1-3-9(4-2-8)12(16)17/h1-4,10,14H,5-7H2,(H,16,17). The van der Waals surface area contributed by atoms with Gasteiger partial charge in [0.1, 0.15) is 0 Å². The molecule has 1 aromatic carbocycles. The Balaban J connectivity index is 2.12. The van der Waals surface area contributed by atoms with Gasteiger partial charge in [-0.25, -0.2) is 4.79 Å². The minimum atomic E-state index is -1.01. The highest BCUT2D eigenvalue weighted by Crippen LogP contribution is 2.14. The summed E-state index contributed by atoms with van der Waals surface area (Å²) in [6.45, 7) is 0.889. The van der Waals surface area contributed by atoms with Crippen LogP contribution >= 0.6 is 0 Å². The Bertz CT molecular complexity index is 440. The number of carbonyl (C=O) groups is 2. The fourth-order valence-electron chi connectivity index (χ4n) is 1.86. The van der Waals surface area contributed by atoms with E-state index in [-0.39, 0.29) is 11.5 Å². The predicted octanol–water partition coefficient (Wildman–Crippen LogP) is 0.592. The largest absolute Gasteiger partial charge is 0.478 e. The van der Waals surface area contributed by atoms with Crippen LogP contribution in [0.5, 0.6) is 0 Å². The summed E-state index contributed by atoms with van der Waals surface area (Å²) >= 11 is 0. The zero-order valence-corrected chi connectivity index (χ0v) is 9.17. The number of aliphatic hydroxyl groups excluding tert-OH is 1. The molecule has 1 unspecified atom stereocenters. The maximum atomic E-state index is 11.9. The number of aromatic carboxylic acids is 1. The molecule has 0 bridgehead atoms. The average molecular weight is 235 g/mol. The summed E-state index contributed by atoms with van der Waals surface area (Å²) in [4.78, 5) is 24.2. The first-order chi connectivity index (χ1) is 8.08. The number of carbonyl (C=O) groups excluding carboxylic acids is 1. The van der Waals surface area contributed by atoms with Crippen molar-refractivity contribution in [2.24, 2.45) is 0 Å². The molecular weight excluding hydrogens is 222 g/mol. The van der Waals surface area contributed by atoms with E-state index in [9.17, 15) is 14.7 Å². The fraction of sp³-hybridized carbons (Fsp3) is 0.333. The molecular formula is C12H13NO4. The highest BCUT2D eigenvalue weighted by atomic mass is 16.4. The van der Waals surface area contributed by atoms with E-state index in [0.717, 1.165) is 0 Å². The average Bonchev–Trinajstić information content (AvgIpc) is 2.75. The molecule has 0 aromatic heterocycles. The molecule has 1 aromatic rings. The first-order valence-electron chi connectivity index (χ1n) is 5.38. The van der Waals surface area contributed by atoms with Gasteiger partial charge in [-0.1, -0.05) is 0 Å². The van der Waals surface area contributed by atoms with Crippen molar-refractivity contribution in [1.29, 1.82) is 0 Å². The number of β-amino-alcohol motifs (C(OH)–C–C–N with tert-alkyl or cyclic N) is 1. The Kier molecular flexibility index (Phi) is 3.10. The number of rotatable bonds is 2. The van der Waals surface area contributed by atoms with Gasteiger partial charge in [0.05, 0.1) is 11.7 Å². The Hall–Kier alpha value is -1.88. The van der Waals surface area contributed by atoms with E-state index < -0.39 is 12.1 Å². The minimum absolute atomic E-state index is 0.156. The molecule has 1 amide bonds. The van der Waals surface area contributed by atoms with E-state index in [1.807, 2.05) is 0 Å². The molecule has 17 heavy (non-hydrogen) atoms. The van der Waals surface area contributed by atoms with E-state index in [1.165, 1.54) is 24.3 Å². The van der Waals surface area contributed by atoms with Crippen molar-refractivity contribution in [2.45, 2.75) is 12.5 Å². The zero-order valence-electron chi connectivity index (χ0n) is 9.17. The molecule has 0 spiro atoms. The third-order valence-electron chi connectivity index (χ3n) is 2.83. The van der Waals surface area contributed by atoms with Crippen LogP contribution in [0.4, 0.5) is 0 Å². The van der Waals surface area contributed by atoms with Gasteiger partial charge in [0.25, 0.3) is 5.91 Å². The number of carboxylic acid groups (broad SMARTS) is 1. The first kappa shape index (κ1) is 11.6. The van der Waals surface area contributed by atoms with Crippen LogP contribution in [0.25, 0.3) is 0 Å². The Morgan fingerprint density at radius 1 is 1.18 bits per heavy atom. The van der Waals surface area contributed by atoms with Crippen molar-refractivity contribution in [2.75, 3.05) is 13.1 Å². The van der Waals surface area contributed by atoms with Crippen LogP contribution in [-0.2, 0) is 0 Å². The molecule has 5 nitrogen and oxygen atoms in total. The maximum absolute atomic E-state index is 11.9. The third kappa shape index (κ3) is 2.45. The van der Waals surface area contributed by atoms with Gasteiger partial charge < -0.3 is 15.1 Å². The lowest BCUT2D eigenvalue weighted by molar-refractivity contribution is 0.0694. The monoisotopic (exact) mass is 235 g/mol. The van der Waals surface area contributed by atoms with Crippen LogP contribution < -0.4 is 0 Å². The number of carboxylic acids is 1. The molecule has 1 aliphatic heterocycles. The van der Waals surface area contributed by atoms with E-state index in [1.54, 1.807) is 4.90 Å². The highest BCUT2D eigenvalue weighted by Gasteiger charge is 2.25. The molecule has 2 N–H and O–H groups in total. The topological polar surface area (TPSA) is 77.8 Å². The predicted molar refractivity (Wildman–Crippen MR) is 59.9 cm³/mol. The number of hydrogen-bond acceptors (Lipinski definition) is 3. The number of hydrogen-bond donors (Lipinski definition) is 2. The van der Waals surface area contributed by atoms with Crippen LogP contribution in [0.1, 0.15) is 27.1 Å². The first-order valence-corrected chi connectivity index (χ1v) is 5.38. The molecule has 0 radical (unpaired) electrons. The molecule has 1 heterocycles. The van der Waals surface area contributed by atoms with E-state index in [2.05, 4.69) is 0 Å².